The van der Waals surface area contributed by atoms with E-state index in [1.807, 2.05) is 25.1 Å². The SMILES string of the molecule is CC1=CC2CC1C1C(=O)N(c3ccc(-c4cc(C(=O)OCC(=O)c5ccc(C)cc5)c5cc(Br)ccc5n4)cc3)C(=O)C21. The number of aryl methyl sites for hydroxylation is 1. The van der Waals surface area contributed by atoms with Crippen molar-refractivity contribution in [1.29, 1.82) is 0 Å². The summed E-state index contributed by atoms with van der Waals surface area (Å²) in [6, 6.07) is 21.3. The van der Waals surface area contributed by atoms with Gasteiger partial charge in [-0.25, -0.2) is 9.78 Å². The van der Waals surface area contributed by atoms with Gasteiger partial charge in [0.2, 0.25) is 11.8 Å². The van der Waals surface area contributed by atoms with Gasteiger partial charge in [-0.1, -0.05) is 69.5 Å². The smallest absolute Gasteiger partial charge is 0.339 e. The number of nitrogens with zero attached hydrogens (tertiary/aromatic N) is 2. The van der Waals surface area contributed by atoms with Gasteiger partial charge in [0.25, 0.3) is 0 Å². The number of rotatable bonds is 6. The monoisotopic (exact) mass is 634 g/mol. The highest BCUT2D eigenvalue weighted by Gasteiger charge is 2.60. The molecule has 2 aliphatic carbocycles. The molecule has 0 N–H and O–H groups in total. The number of carbonyl (C=O) groups excluding carboxylic acids is 4. The Morgan fingerprint density at radius 1 is 0.930 bits per heavy atom. The normalized spacial score (nSPS) is 22.2. The van der Waals surface area contributed by atoms with E-state index in [4.69, 9.17) is 9.72 Å². The number of allylic oxidation sites excluding steroid dienone is 2. The molecule has 4 unspecified atom stereocenters. The summed E-state index contributed by atoms with van der Waals surface area (Å²) in [7, 11) is 0. The van der Waals surface area contributed by atoms with Crippen molar-refractivity contribution in [2.75, 3.05) is 11.5 Å². The first-order chi connectivity index (χ1) is 20.7. The number of benzene rings is 3. The van der Waals surface area contributed by atoms with Crippen LogP contribution >= 0.6 is 15.9 Å². The van der Waals surface area contributed by atoms with Gasteiger partial charge in [-0.05, 0) is 68.5 Å². The number of esters is 1. The van der Waals surface area contributed by atoms with E-state index in [1.54, 1.807) is 54.6 Å². The lowest BCUT2D eigenvalue weighted by atomic mass is 9.82. The van der Waals surface area contributed by atoms with Crippen LogP contribution in [-0.2, 0) is 14.3 Å². The number of fused-ring (bicyclic) bond motifs is 6. The van der Waals surface area contributed by atoms with Crippen molar-refractivity contribution in [1.82, 2.24) is 4.98 Å². The van der Waals surface area contributed by atoms with Gasteiger partial charge < -0.3 is 4.74 Å². The maximum absolute atomic E-state index is 13.4. The average Bonchev–Trinajstić information content (AvgIpc) is 3.65. The number of pyridine rings is 1. The van der Waals surface area contributed by atoms with Crippen LogP contribution in [0.5, 0.6) is 0 Å². The molecule has 1 aliphatic heterocycles. The van der Waals surface area contributed by atoms with E-state index >= 15 is 0 Å². The zero-order valence-corrected chi connectivity index (χ0v) is 25.1. The molecule has 3 aliphatic rings. The molecular weight excluding hydrogens is 608 g/mol. The maximum atomic E-state index is 13.4. The molecule has 8 heteroatoms. The molecule has 214 valence electrons. The zero-order valence-electron chi connectivity index (χ0n) is 23.5. The third-order valence-corrected chi connectivity index (χ3v) is 9.49. The highest BCUT2D eigenvalue weighted by molar-refractivity contribution is 9.10. The van der Waals surface area contributed by atoms with Crippen LogP contribution in [0.4, 0.5) is 5.69 Å². The number of halogens is 1. The number of aromatic nitrogens is 1. The highest BCUT2D eigenvalue weighted by atomic mass is 79.9. The fraction of sp³-hybridized carbons (Fsp3) is 0.229. The molecule has 0 spiro atoms. The van der Waals surface area contributed by atoms with Crippen LogP contribution < -0.4 is 4.90 Å². The maximum Gasteiger partial charge on any atom is 0.339 e. The lowest BCUT2D eigenvalue weighted by Gasteiger charge is -2.19. The molecule has 7 rings (SSSR count). The predicted octanol–water partition coefficient (Wildman–Crippen LogP) is 6.71. The van der Waals surface area contributed by atoms with Crippen molar-refractivity contribution >= 4 is 56.1 Å². The van der Waals surface area contributed by atoms with Gasteiger partial charge in [-0.2, -0.15) is 0 Å². The van der Waals surface area contributed by atoms with E-state index in [9.17, 15) is 19.2 Å². The summed E-state index contributed by atoms with van der Waals surface area (Å²) in [5, 5.41) is 0.584. The Kier molecular flexibility index (Phi) is 6.62. The van der Waals surface area contributed by atoms with Crippen molar-refractivity contribution in [2.24, 2.45) is 23.7 Å². The van der Waals surface area contributed by atoms with Gasteiger partial charge in [0.1, 0.15) is 0 Å². The summed E-state index contributed by atoms with van der Waals surface area (Å²) in [5.74, 6) is -1.42. The Morgan fingerprint density at radius 2 is 1.65 bits per heavy atom. The summed E-state index contributed by atoms with van der Waals surface area (Å²) < 4.78 is 6.24. The number of hydrogen-bond donors (Lipinski definition) is 0. The lowest BCUT2D eigenvalue weighted by molar-refractivity contribution is -0.123. The average molecular weight is 636 g/mol. The number of carbonyl (C=O) groups is 4. The van der Waals surface area contributed by atoms with Gasteiger partial charge in [-0.15, -0.1) is 0 Å². The molecule has 2 heterocycles. The van der Waals surface area contributed by atoms with Crippen LogP contribution in [0.1, 0.15) is 39.6 Å². The van der Waals surface area contributed by atoms with Crippen molar-refractivity contribution < 1.29 is 23.9 Å². The Morgan fingerprint density at radius 3 is 2.40 bits per heavy atom. The van der Waals surface area contributed by atoms with Gasteiger partial charge in [0.15, 0.2) is 12.4 Å². The van der Waals surface area contributed by atoms with E-state index in [0.29, 0.717) is 33.4 Å². The minimum Gasteiger partial charge on any atom is -0.454 e. The number of ketones is 1. The molecule has 1 saturated carbocycles. The standard InChI is InChI=1S/C35H27BrN2O5/c1-18-3-5-21(6-4-18)30(39)17-43-35(42)27-16-29(37-28-12-9-23(36)15-26(27)28)20-7-10-24(11-8-20)38-33(40)31-22-13-19(2)25(14-22)32(31)34(38)41/h3-13,15-16,22,25,31-32H,14,17H2,1-2H3. The second-order valence-corrected chi connectivity index (χ2v) is 12.5. The van der Waals surface area contributed by atoms with Gasteiger partial charge in [-0.3, -0.25) is 19.3 Å². The minimum absolute atomic E-state index is 0.123. The van der Waals surface area contributed by atoms with E-state index in [1.165, 1.54) is 10.5 Å². The second-order valence-electron chi connectivity index (χ2n) is 11.6. The molecule has 2 fully saturated rings. The van der Waals surface area contributed by atoms with E-state index in [2.05, 4.69) is 28.9 Å². The zero-order chi connectivity index (χ0) is 30.0. The van der Waals surface area contributed by atoms with Gasteiger partial charge in [0, 0.05) is 21.0 Å². The highest BCUT2D eigenvalue weighted by Crippen LogP contribution is 2.56. The number of imide groups is 1. The quantitative estimate of drug-likeness (QED) is 0.101. The first-order valence-electron chi connectivity index (χ1n) is 14.2. The summed E-state index contributed by atoms with van der Waals surface area (Å²) in [6.07, 6.45) is 3.05. The Labute approximate surface area is 256 Å². The molecule has 1 saturated heterocycles. The minimum atomic E-state index is -0.637. The van der Waals surface area contributed by atoms with Crippen LogP contribution in [0.25, 0.3) is 22.2 Å². The molecule has 1 aromatic heterocycles. The topological polar surface area (TPSA) is 93.6 Å². The van der Waals surface area contributed by atoms with Crippen molar-refractivity contribution in [2.45, 2.75) is 20.3 Å². The van der Waals surface area contributed by atoms with Gasteiger partial charge >= 0.3 is 5.97 Å². The fourth-order valence-electron chi connectivity index (χ4n) is 6.86. The third-order valence-electron chi connectivity index (χ3n) is 9.00. The Balaban J connectivity index is 1.16. The van der Waals surface area contributed by atoms with Crippen LogP contribution in [0.2, 0.25) is 0 Å². The Hall–Kier alpha value is -4.43. The molecule has 4 atom stereocenters. The molecule has 2 bridgehead atoms. The molecular formula is C35H27BrN2O5. The lowest BCUT2D eigenvalue weighted by Crippen LogP contribution is -2.32. The number of ether oxygens (including phenoxy) is 1. The number of Topliss-reactive ketones (excluding diaryl/α,β-unsaturated/α-hetero) is 1. The molecule has 2 amide bonds. The largest absolute Gasteiger partial charge is 0.454 e. The third kappa shape index (κ3) is 4.61. The summed E-state index contributed by atoms with van der Waals surface area (Å²) in [6.45, 7) is 3.60. The van der Waals surface area contributed by atoms with Crippen LogP contribution in [0, 0.1) is 30.6 Å². The molecule has 7 nitrogen and oxygen atoms in total. The summed E-state index contributed by atoms with van der Waals surface area (Å²) in [4.78, 5) is 58.8. The van der Waals surface area contributed by atoms with E-state index in [-0.39, 0.29) is 53.4 Å². The first-order valence-corrected chi connectivity index (χ1v) is 15.0. The first kappa shape index (κ1) is 27.4. The fourth-order valence-corrected chi connectivity index (χ4v) is 7.22. The Bertz CT molecular complexity index is 1880. The molecule has 43 heavy (non-hydrogen) atoms. The molecule has 0 radical (unpaired) electrons. The second kappa shape index (κ2) is 10.4. The van der Waals surface area contributed by atoms with Crippen LogP contribution in [0.15, 0.2) is 88.9 Å². The number of hydrogen-bond acceptors (Lipinski definition) is 6. The van der Waals surface area contributed by atoms with Crippen LogP contribution in [-0.4, -0.2) is 35.2 Å². The van der Waals surface area contributed by atoms with Gasteiger partial charge in [0.05, 0.1) is 34.3 Å². The van der Waals surface area contributed by atoms with Crippen molar-refractivity contribution in [3.63, 3.8) is 0 Å². The number of anilines is 1. The van der Waals surface area contributed by atoms with E-state index < -0.39 is 5.97 Å². The summed E-state index contributed by atoms with van der Waals surface area (Å²) >= 11 is 3.46. The van der Waals surface area contributed by atoms with Crippen molar-refractivity contribution in [3.05, 3.63) is 106 Å². The summed E-state index contributed by atoms with van der Waals surface area (Å²) in [5.41, 5.74) is 5.33. The predicted molar refractivity (Wildman–Crippen MR) is 165 cm³/mol. The van der Waals surface area contributed by atoms with Crippen molar-refractivity contribution in [3.8, 4) is 11.3 Å². The van der Waals surface area contributed by atoms with E-state index in [0.717, 1.165) is 16.5 Å². The van der Waals surface area contributed by atoms with Crippen LogP contribution in [0.3, 0.4) is 0 Å². The number of amides is 2. The molecule has 4 aromatic rings. The molecule has 3 aromatic carbocycles.